The van der Waals surface area contributed by atoms with Crippen LogP contribution in [0.1, 0.15) is 128 Å². The van der Waals surface area contributed by atoms with Crippen molar-refractivity contribution >= 4 is 11.0 Å². The van der Waals surface area contributed by atoms with E-state index in [-0.39, 0.29) is 34.2 Å². The molecule has 0 aliphatic carbocycles. The Morgan fingerprint density at radius 3 is 2.08 bits per heavy atom. The number of pyridine rings is 1. The zero-order valence-corrected chi connectivity index (χ0v) is 35.8. The number of hydrogen-bond donors (Lipinski definition) is 1. The highest BCUT2D eigenvalue weighted by atomic mass is 16.3. The minimum absolute atomic E-state index is 0.0385. The molecule has 8 aromatic rings. The number of imidazole rings is 1. The van der Waals surface area contributed by atoms with Crippen LogP contribution >= 0.6 is 0 Å². The summed E-state index contributed by atoms with van der Waals surface area (Å²) in [7, 11) is 0. The van der Waals surface area contributed by atoms with Gasteiger partial charge in [-0.05, 0) is 140 Å². The van der Waals surface area contributed by atoms with Crippen molar-refractivity contribution in [3.63, 3.8) is 0 Å². The van der Waals surface area contributed by atoms with Crippen molar-refractivity contribution in [2.45, 2.75) is 98.6 Å². The standard InChI is InChI=1S/C57H59N3O/c1-35(2)45-17-14-18-46(36(3)4)53(45)40-24-27-50(37(5)30-40)60-51-20-15-19-47(54(51)59-55(60)48-16-12-13-21-52(48)61)41-31-42(33-44(32-41)57(9,10)11)49-34-39(28-29-58-49)38-22-25-43(26-23-38)56(6,7)8/h12-36,61H,1-11H3/i5D3,6D3,7D3,22D,23D,25D,26D,35D. The summed E-state index contributed by atoms with van der Waals surface area (Å²) in [5.41, 5.74) is 4.39. The molecule has 0 radical (unpaired) electrons. The van der Waals surface area contributed by atoms with Gasteiger partial charge in [0.2, 0.25) is 0 Å². The highest BCUT2D eigenvalue weighted by Gasteiger charge is 2.24. The lowest BCUT2D eigenvalue weighted by atomic mass is 9.83. The fourth-order valence-electron chi connectivity index (χ4n) is 7.91. The highest BCUT2D eigenvalue weighted by molar-refractivity contribution is 5.97. The Bertz CT molecular complexity index is 3490. The molecule has 0 saturated heterocycles. The maximum atomic E-state index is 11.5. The average Bonchev–Trinajstić information content (AvgIpc) is 3.71. The van der Waals surface area contributed by atoms with Crippen LogP contribution in [-0.2, 0) is 10.8 Å². The van der Waals surface area contributed by atoms with Crippen LogP contribution in [0.15, 0.2) is 140 Å². The lowest BCUT2D eigenvalue weighted by Crippen LogP contribution is -2.11. The number of aryl methyl sites for hydroxylation is 1. The molecule has 0 fully saturated rings. The summed E-state index contributed by atoms with van der Waals surface area (Å²) in [5.74, 6) is -0.720. The Morgan fingerprint density at radius 1 is 0.656 bits per heavy atom. The minimum atomic E-state index is -3.21. The van der Waals surface area contributed by atoms with Gasteiger partial charge in [0.25, 0.3) is 0 Å². The van der Waals surface area contributed by atoms with Crippen LogP contribution in [0.2, 0.25) is 0 Å². The third-order valence-corrected chi connectivity index (χ3v) is 11.2. The summed E-state index contributed by atoms with van der Waals surface area (Å²) < 4.78 is 123. The maximum Gasteiger partial charge on any atom is 0.149 e. The Kier molecular flexibility index (Phi) is 7.22. The van der Waals surface area contributed by atoms with Gasteiger partial charge in [0.05, 0.1) is 33.5 Å². The summed E-state index contributed by atoms with van der Waals surface area (Å²) >= 11 is 0. The first-order valence-corrected chi connectivity index (χ1v) is 20.5. The van der Waals surface area contributed by atoms with E-state index >= 15 is 0 Å². The lowest BCUT2D eigenvalue weighted by molar-refractivity contribution is 0.477. The van der Waals surface area contributed by atoms with E-state index in [4.69, 9.17) is 29.2 Å². The Morgan fingerprint density at radius 2 is 1.38 bits per heavy atom. The maximum absolute atomic E-state index is 11.5. The lowest BCUT2D eigenvalue weighted by Gasteiger charge is -2.22. The van der Waals surface area contributed by atoms with Gasteiger partial charge in [0, 0.05) is 31.0 Å². The molecule has 8 rings (SSSR count). The average molecular weight is 816 g/mol. The van der Waals surface area contributed by atoms with E-state index in [0.29, 0.717) is 50.2 Å². The molecule has 308 valence electrons. The molecule has 0 aliphatic rings. The predicted octanol–water partition coefficient (Wildman–Crippen LogP) is 15.6. The SMILES string of the molecule is [2H]c1c([2H])c(C(C)(C([2H])([2H])[2H])C([2H])([2H])[2H])c([2H])c([2H])c1-c1ccnc(-c2cc(-c3cccc4c3nc(-c3ccccc3O)n4-c3ccc(-c4c(C(C)C)cccc4C([2H])(C)C)cc3C([2H])([2H])[2H])cc(C(C)(C)C)c2)c1. The minimum Gasteiger partial charge on any atom is -0.507 e. The molecule has 61 heavy (non-hydrogen) atoms. The second-order valence-electron chi connectivity index (χ2n) is 17.5. The first-order valence-electron chi connectivity index (χ1n) is 27.5. The zero-order chi connectivity index (χ0) is 55.3. The van der Waals surface area contributed by atoms with Gasteiger partial charge in [-0.25, -0.2) is 4.98 Å². The van der Waals surface area contributed by atoms with Crippen molar-refractivity contribution in [1.29, 1.82) is 0 Å². The van der Waals surface area contributed by atoms with Gasteiger partial charge in [0.1, 0.15) is 11.6 Å². The number of phenols is 1. The first-order chi connectivity index (χ1) is 34.7. The van der Waals surface area contributed by atoms with E-state index in [1.807, 2.05) is 74.5 Å². The Hall–Kier alpha value is -6.26. The molecule has 0 aliphatic heterocycles. The van der Waals surface area contributed by atoms with Gasteiger partial charge in [-0.3, -0.25) is 9.55 Å². The van der Waals surface area contributed by atoms with Crippen molar-refractivity contribution < 1.29 is 24.3 Å². The van der Waals surface area contributed by atoms with Gasteiger partial charge in [-0.1, -0.05) is 148 Å². The molecule has 0 amide bonds. The molecule has 2 heterocycles. The normalized spacial score (nSPS) is 16.3. The summed E-state index contributed by atoms with van der Waals surface area (Å²) in [6.45, 7) is 5.79. The Balaban J connectivity index is 1.36. The number of nitrogens with zero attached hydrogens (tertiary/aromatic N) is 3. The molecule has 0 saturated carbocycles. The van der Waals surface area contributed by atoms with Crippen LogP contribution < -0.4 is 0 Å². The van der Waals surface area contributed by atoms with Gasteiger partial charge in [0.15, 0.2) is 0 Å². The van der Waals surface area contributed by atoms with Crippen LogP contribution in [0.25, 0.3) is 72.7 Å². The monoisotopic (exact) mass is 816 g/mol. The van der Waals surface area contributed by atoms with Crippen LogP contribution in [-0.4, -0.2) is 19.6 Å². The molecule has 6 aromatic carbocycles. The van der Waals surface area contributed by atoms with Crippen LogP contribution in [0.3, 0.4) is 0 Å². The molecule has 2 aromatic heterocycles. The van der Waals surface area contributed by atoms with Gasteiger partial charge in [-0.15, -0.1) is 0 Å². The van der Waals surface area contributed by atoms with E-state index in [1.165, 1.54) is 12.3 Å². The fourth-order valence-corrected chi connectivity index (χ4v) is 7.91. The van der Waals surface area contributed by atoms with E-state index in [2.05, 4.69) is 34.6 Å². The zero-order valence-electron chi connectivity index (χ0n) is 49.8. The molecular weight excluding hydrogens is 743 g/mol. The third kappa shape index (κ3) is 8.04. The predicted molar refractivity (Wildman–Crippen MR) is 258 cm³/mol. The number of phenolic OH excluding ortho intramolecular Hbond substituents is 1. The van der Waals surface area contributed by atoms with E-state index < -0.39 is 67.0 Å². The Labute approximate surface area is 382 Å². The molecule has 4 heteroatoms. The summed E-state index contributed by atoms with van der Waals surface area (Å²) in [4.78, 5) is 9.96. The van der Waals surface area contributed by atoms with Crippen molar-refractivity contribution in [3.8, 4) is 67.5 Å². The van der Waals surface area contributed by atoms with Gasteiger partial charge in [-0.2, -0.15) is 0 Å². The van der Waals surface area contributed by atoms with Crippen LogP contribution in [0.4, 0.5) is 0 Å². The van der Waals surface area contributed by atoms with E-state index in [0.717, 1.165) is 29.2 Å². The number of rotatable bonds is 8. The molecule has 0 atom stereocenters. The second kappa shape index (κ2) is 16.0. The number of aromatic nitrogens is 3. The molecule has 0 bridgehead atoms. The summed E-state index contributed by atoms with van der Waals surface area (Å²) in [6.07, 6.45) is 1.47. The highest BCUT2D eigenvalue weighted by Crippen LogP contribution is 2.42. The molecular formula is C57H59N3O. The van der Waals surface area contributed by atoms with Gasteiger partial charge < -0.3 is 5.11 Å². The number of fused-ring (bicyclic) bond motifs is 1. The van der Waals surface area contributed by atoms with Gasteiger partial charge >= 0.3 is 0 Å². The second-order valence-corrected chi connectivity index (χ2v) is 17.5. The molecule has 4 nitrogen and oxygen atoms in total. The summed E-state index contributed by atoms with van der Waals surface area (Å²) in [6, 6.07) is 29.8. The fraction of sp³-hybridized carbons (Fsp3) is 0.263. The van der Waals surface area contributed by atoms with E-state index in [1.54, 1.807) is 47.0 Å². The van der Waals surface area contributed by atoms with Crippen molar-refractivity contribution in [1.82, 2.24) is 14.5 Å². The largest absolute Gasteiger partial charge is 0.507 e. The molecule has 0 spiro atoms. The molecule has 0 unspecified atom stereocenters. The third-order valence-electron chi connectivity index (χ3n) is 11.2. The van der Waals surface area contributed by atoms with E-state index in [9.17, 15) is 5.11 Å². The van der Waals surface area contributed by atoms with Crippen molar-refractivity contribution in [2.75, 3.05) is 0 Å². The van der Waals surface area contributed by atoms with Crippen LogP contribution in [0, 0.1) is 6.85 Å². The van der Waals surface area contributed by atoms with Crippen molar-refractivity contribution in [2.24, 2.45) is 0 Å². The topological polar surface area (TPSA) is 50.9 Å². The summed E-state index contributed by atoms with van der Waals surface area (Å²) in [5, 5.41) is 11.5. The van der Waals surface area contributed by atoms with Crippen molar-refractivity contribution in [3.05, 3.63) is 167 Å². The quantitative estimate of drug-likeness (QED) is 0.166. The smallest absolute Gasteiger partial charge is 0.149 e. The molecule has 1 N–H and O–H groups in total. The number of para-hydroxylation sites is 2. The first kappa shape index (κ1) is 27.6. The van der Waals surface area contributed by atoms with Crippen LogP contribution in [0.5, 0.6) is 5.75 Å². The number of aromatic hydroxyl groups is 1. The number of benzene rings is 6. The number of hydrogen-bond acceptors (Lipinski definition) is 3.